The first-order valence-corrected chi connectivity index (χ1v) is 8.94. The van der Waals surface area contributed by atoms with Gasteiger partial charge in [0.15, 0.2) is 0 Å². The number of rotatable bonds is 13. The van der Waals surface area contributed by atoms with E-state index < -0.39 is 0 Å². The van der Waals surface area contributed by atoms with Crippen molar-refractivity contribution >= 4 is 0 Å². The third kappa shape index (κ3) is 8.40. The van der Waals surface area contributed by atoms with Crippen LogP contribution in [0.15, 0.2) is 24.3 Å². The van der Waals surface area contributed by atoms with Crippen molar-refractivity contribution in [3.8, 4) is 5.75 Å². The lowest BCUT2D eigenvalue weighted by molar-refractivity contribution is 0.229. The molecule has 0 radical (unpaired) electrons. The zero-order chi connectivity index (χ0) is 16.0. The summed E-state index contributed by atoms with van der Waals surface area (Å²) in [5.41, 5.74) is 6.84. The Hall–Kier alpha value is -1.06. The average Bonchev–Trinajstić information content (AvgIpc) is 2.55. The van der Waals surface area contributed by atoms with Gasteiger partial charge in [-0.15, -0.1) is 0 Å². The third-order valence-corrected chi connectivity index (χ3v) is 3.90. The topological polar surface area (TPSA) is 38.5 Å². The van der Waals surface area contributed by atoms with E-state index in [1.165, 1.54) is 44.3 Å². The molecule has 0 aromatic heterocycles. The zero-order valence-electron chi connectivity index (χ0n) is 14.5. The molecule has 0 atom stereocenters. The maximum absolute atomic E-state index is 5.84. The summed E-state index contributed by atoms with van der Waals surface area (Å²) in [7, 11) is 0. The zero-order valence-corrected chi connectivity index (χ0v) is 14.5. The predicted octanol–water partition coefficient (Wildman–Crippen LogP) is 3.86. The standard InChI is InChI=1S/C19H34N2O/c1-3-5-14-21(15-6-4-2)16-7-17-22-19-10-8-18(9-11-19)12-13-20/h8-11H,3-7,12-17,20H2,1-2H3. The Labute approximate surface area is 136 Å². The molecule has 0 unspecified atom stereocenters. The van der Waals surface area contributed by atoms with Crippen LogP contribution in [0.2, 0.25) is 0 Å². The fourth-order valence-electron chi connectivity index (χ4n) is 2.50. The van der Waals surface area contributed by atoms with Crippen molar-refractivity contribution in [1.82, 2.24) is 4.90 Å². The van der Waals surface area contributed by atoms with Crippen molar-refractivity contribution in [2.75, 3.05) is 32.8 Å². The monoisotopic (exact) mass is 306 g/mol. The minimum atomic E-state index is 0.700. The lowest BCUT2D eigenvalue weighted by Crippen LogP contribution is -2.28. The summed E-state index contributed by atoms with van der Waals surface area (Å²) in [6, 6.07) is 8.32. The predicted molar refractivity (Wildman–Crippen MR) is 95.6 cm³/mol. The molecule has 0 heterocycles. The van der Waals surface area contributed by atoms with E-state index in [4.69, 9.17) is 10.5 Å². The smallest absolute Gasteiger partial charge is 0.119 e. The molecule has 0 aliphatic rings. The molecular formula is C19H34N2O. The number of hydrogen-bond donors (Lipinski definition) is 1. The molecule has 3 heteroatoms. The molecule has 0 bridgehead atoms. The van der Waals surface area contributed by atoms with Crippen LogP contribution in [-0.4, -0.2) is 37.7 Å². The van der Waals surface area contributed by atoms with E-state index in [1.807, 2.05) is 0 Å². The van der Waals surface area contributed by atoms with Crippen LogP contribution in [0.25, 0.3) is 0 Å². The van der Waals surface area contributed by atoms with Crippen molar-refractivity contribution in [2.24, 2.45) is 5.73 Å². The van der Waals surface area contributed by atoms with E-state index in [1.54, 1.807) is 0 Å². The molecular weight excluding hydrogens is 272 g/mol. The molecule has 22 heavy (non-hydrogen) atoms. The molecule has 126 valence electrons. The van der Waals surface area contributed by atoms with Gasteiger partial charge < -0.3 is 15.4 Å². The maximum atomic E-state index is 5.84. The highest BCUT2D eigenvalue weighted by atomic mass is 16.5. The second-order valence-corrected chi connectivity index (χ2v) is 5.93. The molecule has 0 saturated carbocycles. The van der Waals surface area contributed by atoms with E-state index in [9.17, 15) is 0 Å². The summed E-state index contributed by atoms with van der Waals surface area (Å²) in [5, 5.41) is 0. The molecule has 0 spiro atoms. The van der Waals surface area contributed by atoms with Crippen LogP contribution in [0.3, 0.4) is 0 Å². The number of nitrogens with zero attached hydrogens (tertiary/aromatic N) is 1. The van der Waals surface area contributed by atoms with E-state index >= 15 is 0 Å². The van der Waals surface area contributed by atoms with Gasteiger partial charge in [-0.25, -0.2) is 0 Å². The summed E-state index contributed by atoms with van der Waals surface area (Å²) in [4.78, 5) is 2.58. The van der Waals surface area contributed by atoms with Crippen LogP contribution in [0.1, 0.15) is 51.5 Å². The first-order valence-electron chi connectivity index (χ1n) is 8.94. The average molecular weight is 306 g/mol. The number of nitrogens with two attached hydrogens (primary N) is 1. The number of ether oxygens (including phenoxy) is 1. The second-order valence-electron chi connectivity index (χ2n) is 5.93. The molecule has 2 N–H and O–H groups in total. The van der Waals surface area contributed by atoms with Crippen molar-refractivity contribution in [1.29, 1.82) is 0 Å². The fourth-order valence-corrected chi connectivity index (χ4v) is 2.50. The van der Waals surface area contributed by atoms with Gasteiger partial charge in [-0.2, -0.15) is 0 Å². The van der Waals surface area contributed by atoms with Gasteiger partial charge in [0.2, 0.25) is 0 Å². The Bertz CT molecular complexity index is 356. The SMILES string of the molecule is CCCCN(CCCC)CCCOc1ccc(CCN)cc1. The second kappa shape index (κ2) is 12.5. The van der Waals surface area contributed by atoms with Gasteiger partial charge in [0.05, 0.1) is 6.61 Å². The third-order valence-electron chi connectivity index (χ3n) is 3.90. The molecule has 1 rings (SSSR count). The fraction of sp³-hybridized carbons (Fsp3) is 0.684. The molecule has 0 fully saturated rings. The van der Waals surface area contributed by atoms with Gasteiger partial charge in [0, 0.05) is 6.54 Å². The van der Waals surface area contributed by atoms with Crippen LogP contribution in [0.4, 0.5) is 0 Å². The van der Waals surface area contributed by atoms with Crippen LogP contribution in [0.5, 0.6) is 5.75 Å². The van der Waals surface area contributed by atoms with Crippen LogP contribution < -0.4 is 10.5 Å². The maximum Gasteiger partial charge on any atom is 0.119 e. The highest BCUT2D eigenvalue weighted by Gasteiger charge is 2.04. The van der Waals surface area contributed by atoms with Crippen molar-refractivity contribution in [3.05, 3.63) is 29.8 Å². The Morgan fingerprint density at radius 2 is 1.50 bits per heavy atom. The summed E-state index contributed by atoms with van der Waals surface area (Å²) in [6.07, 6.45) is 7.17. The van der Waals surface area contributed by atoms with E-state index in [0.29, 0.717) is 6.54 Å². The Balaban J connectivity index is 2.23. The number of unbranched alkanes of at least 4 members (excludes halogenated alkanes) is 2. The summed E-state index contributed by atoms with van der Waals surface area (Å²) in [5.74, 6) is 0.967. The molecule has 0 amide bonds. The van der Waals surface area contributed by atoms with Gasteiger partial charge in [0.1, 0.15) is 5.75 Å². The lowest BCUT2D eigenvalue weighted by atomic mass is 10.1. The minimum absolute atomic E-state index is 0.700. The first kappa shape index (κ1) is 19.0. The van der Waals surface area contributed by atoms with Gasteiger partial charge in [0.25, 0.3) is 0 Å². The Kier molecular flexibility index (Phi) is 10.8. The summed E-state index contributed by atoms with van der Waals surface area (Å²) in [6.45, 7) is 9.61. The van der Waals surface area contributed by atoms with Crippen molar-refractivity contribution in [2.45, 2.75) is 52.4 Å². The number of hydrogen-bond acceptors (Lipinski definition) is 3. The van der Waals surface area contributed by atoms with Gasteiger partial charge in [-0.1, -0.05) is 38.8 Å². The minimum Gasteiger partial charge on any atom is -0.494 e. The Morgan fingerprint density at radius 1 is 0.909 bits per heavy atom. The Morgan fingerprint density at radius 3 is 2.05 bits per heavy atom. The van der Waals surface area contributed by atoms with Crippen LogP contribution in [0, 0.1) is 0 Å². The van der Waals surface area contributed by atoms with E-state index in [-0.39, 0.29) is 0 Å². The molecule has 1 aromatic rings. The highest BCUT2D eigenvalue weighted by molar-refractivity contribution is 5.27. The van der Waals surface area contributed by atoms with E-state index in [0.717, 1.165) is 31.7 Å². The summed E-state index contributed by atoms with van der Waals surface area (Å²) >= 11 is 0. The summed E-state index contributed by atoms with van der Waals surface area (Å²) < 4.78 is 5.84. The quantitative estimate of drug-likeness (QED) is 0.562. The molecule has 0 aliphatic heterocycles. The van der Waals surface area contributed by atoms with Gasteiger partial charge >= 0.3 is 0 Å². The normalized spacial score (nSPS) is 11.1. The lowest BCUT2D eigenvalue weighted by Gasteiger charge is -2.21. The van der Waals surface area contributed by atoms with Crippen LogP contribution >= 0.6 is 0 Å². The van der Waals surface area contributed by atoms with Gasteiger partial charge in [-0.3, -0.25) is 0 Å². The molecule has 0 aliphatic carbocycles. The molecule has 1 aromatic carbocycles. The van der Waals surface area contributed by atoms with Gasteiger partial charge in [-0.05, 0) is 63.0 Å². The molecule has 3 nitrogen and oxygen atoms in total. The highest BCUT2D eigenvalue weighted by Crippen LogP contribution is 2.12. The van der Waals surface area contributed by atoms with Crippen molar-refractivity contribution in [3.63, 3.8) is 0 Å². The molecule has 0 saturated heterocycles. The van der Waals surface area contributed by atoms with Crippen molar-refractivity contribution < 1.29 is 4.74 Å². The number of benzene rings is 1. The van der Waals surface area contributed by atoms with Crippen LogP contribution in [-0.2, 0) is 6.42 Å². The first-order chi connectivity index (χ1) is 10.8. The largest absolute Gasteiger partial charge is 0.494 e. The van der Waals surface area contributed by atoms with E-state index in [2.05, 4.69) is 43.0 Å².